The molecule has 0 saturated carbocycles. The van der Waals surface area contributed by atoms with Crippen LogP contribution in [0.25, 0.3) is 0 Å². The molecule has 124 valence electrons. The molecule has 1 aromatic heterocycles. The summed E-state index contributed by atoms with van der Waals surface area (Å²) in [6, 6.07) is 6.01. The van der Waals surface area contributed by atoms with E-state index in [0.29, 0.717) is 24.0 Å². The van der Waals surface area contributed by atoms with Crippen molar-refractivity contribution in [2.24, 2.45) is 0 Å². The van der Waals surface area contributed by atoms with Crippen LogP contribution in [0.1, 0.15) is 33.9 Å². The lowest BCUT2D eigenvalue weighted by Crippen LogP contribution is -2.34. The van der Waals surface area contributed by atoms with Gasteiger partial charge in [-0.15, -0.1) is 0 Å². The van der Waals surface area contributed by atoms with Gasteiger partial charge in [0.25, 0.3) is 5.91 Å². The first kappa shape index (κ1) is 16.2. The molecule has 0 bridgehead atoms. The van der Waals surface area contributed by atoms with Crippen LogP contribution in [-0.4, -0.2) is 24.9 Å². The number of thiophene rings is 1. The third-order valence-corrected chi connectivity index (χ3v) is 4.55. The molecule has 0 saturated heterocycles. The Hall–Kier alpha value is -2.67. The maximum Gasteiger partial charge on any atom is 0.333 e. The Bertz CT molecular complexity index is 786. The summed E-state index contributed by atoms with van der Waals surface area (Å²) in [6.07, 6.45) is 0.991. The van der Waals surface area contributed by atoms with Crippen molar-refractivity contribution < 1.29 is 19.1 Å². The highest BCUT2D eigenvalue weighted by Crippen LogP contribution is 2.24. The van der Waals surface area contributed by atoms with E-state index in [1.54, 1.807) is 29.6 Å². The smallest absolute Gasteiger partial charge is 0.333 e. The van der Waals surface area contributed by atoms with Crippen molar-refractivity contribution in [3.05, 3.63) is 51.7 Å². The van der Waals surface area contributed by atoms with E-state index in [1.807, 2.05) is 5.38 Å². The van der Waals surface area contributed by atoms with Crippen molar-refractivity contribution in [3.63, 3.8) is 0 Å². The zero-order valence-electron chi connectivity index (χ0n) is 13.0. The molecular formula is C17H16N2O4S. The van der Waals surface area contributed by atoms with E-state index < -0.39 is 12.0 Å². The van der Waals surface area contributed by atoms with Gasteiger partial charge in [-0.05, 0) is 52.6 Å². The molecule has 0 spiro atoms. The van der Waals surface area contributed by atoms with Gasteiger partial charge in [0.2, 0.25) is 5.91 Å². The van der Waals surface area contributed by atoms with Crippen LogP contribution >= 0.6 is 11.3 Å². The fourth-order valence-corrected chi connectivity index (χ4v) is 3.26. The second-order valence-electron chi connectivity index (χ2n) is 5.41. The molecule has 0 unspecified atom stereocenters. The van der Waals surface area contributed by atoms with Crippen LogP contribution in [0.3, 0.4) is 0 Å². The lowest BCUT2D eigenvalue weighted by Gasteiger charge is -2.19. The molecule has 2 aromatic rings. The number of aryl methyl sites for hydroxylation is 1. The molecule has 2 amide bonds. The number of esters is 1. The standard InChI is InChI=1S/C17H16N2O4S/c1-23-17(22)15(12-6-7-24-9-12)19-16(21)11-2-4-13-10(8-11)3-5-14(20)18-13/h2,4,6-9,15H,3,5H2,1H3,(H,18,20)(H,19,21)/t15-/m1/s1. The van der Waals surface area contributed by atoms with Gasteiger partial charge in [-0.1, -0.05) is 0 Å². The molecule has 1 atom stereocenters. The van der Waals surface area contributed by atoms with Gasteiger partial charge in [0.05, 0.1) is 7.11 Å². The van der Waals surface area contributed by atoms with Crippen molar-refractivity contribution >= 4 is 34.8 Å². The van der Waals surface area contributed by atoms with Crippen molar-refractivity contribution in [2.75, 3.05) is 12.4 Å². The molecule has 2 heterocycles. The van der Waals surface area contributed by atoms with Crippen LogP contribution in [0.15, 0.2) is 35.0 Å². The number of rotatable bonds is 4. The van der Waals surface area contributed by atoms with E-state index >= 15 is 0 Å². The van der Waals surface area contributed by atoms with Gasteiger partial charge in [0.15, 0.2) is 6.04 Å². The Labute approximate surface area is 142 Å². The van der Waals surface area contributed by atoms with Gasteiger partial charge in [0, 0.05) is 17.7 Å². The fourth-order valence-electron chi connectivity index (χ4n) is 2.57. The Morgan fingerprint density at radius 1 is 1.29 bits per heavy atom. The summed E-state index contributed by atoms with van der Waals surface area (Å²) in [5, 5.41) is 9.11. The third kappa shape index (κ3) is 3.30. The van der Waals surface area contributed by atoms with Gasteiger partial charge in [-0.25, -0.2) is 4.79 Å². The molecular weight excluding hydrogens is 328 g/mol. The minimum Gasteiger partial charge on any atom is -0.467 e. The van der Waals surface area contributed by atoms with Crippen molar-refractivity contribution in [1.82, 2.24) is 5.32 Å². The molecule has 0 aliphatic carbocycles. The van der Waals surface area contributed by atoms with E-state index in [1.165, 1.54) is 18.4 Å². The number of hydrogen-bond acceptors (Lipinski definition) is 5. The maximum atomic E-state index is 12.5. The summed E-state index contributed by atoms with van der Waals surface area (Å²) in [7, 11) is 1.29. The number of carbonyl (C=O) groups excluding carboxylic acids is 3. The summed E-state index contributed by atoms with van der Waals surface area (Å²) >= 11 is 1.44. The highest BCUT2D eigenvalue weighted by atomic mass is 32.1. The Balaban J connectivity index is 1.81. The molecule has 1 aliphatic rings. The second-order valence-corrected chi connectivity index (χ2v) is 6.19. The average molecular weight is 344 g/mol. The number of fused-ring (bicyclic) bond motifs is 1. The Kier molecular flexibility index (Phi) is 4.61. The van der Waals surface area contributed by atoms with Gasteiger partial charge < -0.3 is 15.4 Å². The van der Waals surface area contributed by atoms with E-state index in [2.05, 4.69) is 10.6 Å². The highest BCUT2D eigenvalue weighted by Gasteiger charge is 2.25. The molecule has 2 N–H and O–H groups in total. The molecule has 24 heavy (non-hydrogen) atoms. The van der Waals surface area contributed by atoms with E-state index in [-0.39, 0.29) is 11.8 Å². The van der Waals surface area contributed by atoms with Gasteiger partial charge in [0.1, 0.15) is 0 Å². The predicted molar refractivity (Wildman–Crippen MR) is 89.9 cm³/mol. The van der Waals surface area contributed by atoms with Crippen LogP contribution in [0.4, 0.5) is 5.69 Å². The summed E-state index contributed by atoms with van der Waals surface area (Å²) in [6.45, 7) is 0. The van der Waals surface area contributed by atoms with Crippen LogP contribution < -0.4 is 10.6 Å². The highest BCUT2D eigenvalue weighted by molar-refractivity contribution is 7.08. The van der Waals surface area contributed by atoms with Crippen molar-refractivity contribution in [2.45, 2.75) is 18.9 Å². The van der Waals surface area contributed by atoms with Crippen LogP contribution in [0.2, 0.25) is 0 Å². The first-order chi connectivity index (χ1) is 11.6. The minimum absolute atomic E-state index is 0.0251. The zero-order valence-corrected chi connectivity index (χ0v) is 13.8. The summed E-state index contributed by atoms with van der Waals surface area (Å²) in [4.78, 5) is 35.9. The first-order valence-electron chi connectivity index (χ1n) is 7.42. The van der Waals surface area contributed by atoms with E-state index in [0.717, 1.165) is 11.3 Å². The SMILES string of the molecule is COC(=O)[C@H](NC(=O)c1ccc2c(c1)CCC(=O)N2)c1ccsc1. The van der Waals surface area contributed by atoms with Crippen LogP contribution in [0, 0.1) is 0 Å². The van der Waals surface area contributed by atoms with Crippen molar-refractivity contribution in [1.29, 1.82) is 0 Å². The lowest BCUT2D eigenvalue weighted by atomic mass is 10.00. The number of ether oxygens (including phenoxy) is 1. The second kappa shape index (κ2) is 6.84. The molecule has 1 aromatic carbocycles. The van der Waals surface area contributed by atoms with Gasteiger partial charge >= 0.3 is 5.97 Å². The predicted octanol–water partition coefficient (Wildman–Crippen LogP) is 2.28. The number of methoxy groups -OCH3 is 1. The third-order valence-electron chi connectivity index (χ3n) is 3.85. The number of carbonyl (C=O) groups is 3. The normalized spacial score (nSPS) is 14.3. The minimum atomic E-state index is -0.843. The topological polar surface area (TPSA) is 84.5 Å². The Morgan fingerprint density at radius 2 is 2.12 bits per heavy atom. The number of amides is 2. The monoisotopic (exact) mass is 344 g/mol. The van der Waals surface area contributed by atoms with Gasteiger partial charge in [-0.3, -0.25) is 9.59 Å². The van der Waals surface area contributed by atoms with Crippen molar-refractivity contribution in [3.8, 4) is 0 Å². The number of anilines is 1. The molecule has 3 rings (SSSR count). The van der Waals surface area contributed by atoms with E-state index in [4.69, 9.17) is 4.74 Å². The quantitative estimate of drug-likeness (QED) is 0.834. The first-order valence-corrected chi connectivity index (χ1v) is 8.36. The number of nitrogens with one attached hydrogen (secondary N) is 2. The fraction of sp³-hybridized carbons (Fsp3) is 0.235. The summed E-state index contributed by atoms with van der Waals surface area (Å²) in [5.74, 6) is -0.911. The van der Waals surface area contributed by atoms with Crippen LogP contribution in [0.5, 0.6) is 0 Å². The maximum absolute atomic E-state index is 12.5. The molecule has 0 radical (unpaired) electrons. The number of benzene rings is 1. The number of hydrogen-bond donors (Lipinski definition) is 2. The van der Waals surface area contributed by atoms with Gasteiger partial charge in [-0.2, -0.15) is 11.3 Å². The largest absolute Gasteiger partial charge is 0.467 e. The molecule has 0 fully saturated rings. The zero-order chi connectivity index (χ0) is 17.1. The van der Waals surface area contributed by atoms with E-state index in [9.17, 15) is 14.4 Å². The van der Waals surface area contributed by atoms with Crippen LogP contribution in [-0.2, 0) is 20.7 Å². The lowest BCUT2D eigenvalue weighted by molar-refractivity contribution is -0.143. The molecule has 6 nitrogen and oxygen atoms in total. The summed E-state index contributed by atoms with van der Waals surface area (Å²) < 4.78 is 4.78. The molecule has 1 aliphatic heterocycles. The summed E-state index contributed by atoms with van der Waals surface area (Å²) in [5.41, 5.74) is 2.76. The average Bonchev–Trinajstić information content (AvgIpc) is 3.12. The molecule has 7 heteroatoms. The Morgan fingerprint density at radius 3 is 2.83 bits per heavy atom.